The zero-order valence-electron chi connectivity index (χ0n) is 13.7. The van der Waals surface area contributed by atoms with Gasteiger partial charge in [-0.25, -0.2) is 0 Å². The molecule has 1 heterocycles. The number of aryl methyl sites for hydroxylation is 1. The molecule has 0 spiro atoms. The van der Waals surface area contributed by atoms with Crippen LogP contribution >= 0.6 is 11.6 Å². The Kier molecular flexibility index (Phi) is 5.00. The highest BCUT2D eigenvalue weighted by molar-refractivity contribution is 6.30. The fourth-order valence-electron chi connectivity index (χ4n) is 2.47. The number of carbonyl (C=O) groups excluding carboxylic acids is 1. The van der Waals surface area contributed by atoms with E-state index in [0.29, 0.717) is 16.4 Å². The first-order valence-corrected chi connectivity index (χ1v) is 8.34. The first-order chi connectivity index (χ1) is 12.1. The SMILES string of the molecule is CCc1ccc(NC(=O)c2ccc(-c3ccc(Cl)cc3)[nH]c2=O)cc1. The lowest BCUT2D eigenvalue weighted by molar-refractivity contribution is 0.102. The average molecular weight is 353 g/mol. The van der Waals surface area contributed by atoms with E-state index in [-0.39, 0.29) is 5.56 Å². The number of rotatable bonds is 4. The molecule has 0 saturated heterocycles. The molecule has 4 nitrogen and oxygen atoms in total. The maximum Gasteiger partial charge on any atom is 0.261 e. The van der Waals surface area contributed by atoms with Crippen molar-refractivity contribution in [1.29, 1.82) is 0 Å². The van der Waals surface area contributed by atoms with Crippen molar-refractivity contribution < 1.29 is 4.79 Å². The molecule has 3 aromatic rings. The van der Waals surface area contributed by atoms with Gasteiger partial charge < -0.3 is 10.3 Å². The van der Waals surface area contributed by atoms with Crippen LogP contribution in [0.2, 0.25) is 5.02 Å². The number of benzene rings is 2. The Balaban J connectivity index is 1.81. The van der Waals surface area contributed by atoms with Crippen molar-refractivity contribution in [3.63, 3.8) is 0 Å². The van der Waals surface area contributed by atoms with E-state index in [0.717, 1.165) is 12.0 Å². The third-order valence-electron chi connectivity index (χ3n) is 3.93. The normalized spacial score (nSPS) is 10.5. The number of H-pyrrole nitrogens is 1. The van der Waals surface area contributed by atoms with E-state index in [1.807, 2.05) is 36.4 Å². The van der Waals surface area contributed by atoms with Crippen LogP contribution < -0.4 is 10.9 Å². The van der Waals surface area contributed by atoms with Crippen molar-refractivity contribution in [2.24, 2.45) is 0 Å². The molecule has 0 aliphatic heterocycles. The van der Waals surface area contributed by atoms with Gasteiger partial charge in [0.2, 0.25) is 0 Å². The Morgan fingerprint density at radius 2 is 1.68 bits per heavy atom. The number of carbonyl (C=O) groups is 1. The highest BCUT2D eigenvalue weighted by atomic mass is 35.5. The number of nitrogens with one attached hydrogen (secondary N) is 2. The summed E-state index contributed by atoms with van der Waals surface area (Å²) in [4.78, 5) is 27.3. The number of hydrogen-bond acceptors (Lipinski definition) is 2. The summed E-state index contributed by atoms with van der Waals surface area (Å²) in [7, 11) is 0. The number of anilines is 1. The van der Waals surface area contributed by atoms with Gasteiger partial charge >= 0.3 is 0 Å². The minimum Gasteiger partial charge on any atom is -0.322 e. The lowest BCUT2D eigenvalue weighted by Crippen LogP contribution is -2.23. The van der Waals surface area contributed by atoms with Crippen LogP contribution in [0.4, 0.5) is 5.69 Å². The summed E-state index contributed by atoms with van der Waals surface area (Å²) in [5, 5.41) is 3.36. The number of aromatic nitrogens is 1. The largest absolute Gasteiger partial charge is 0.322 e. The molecule has 2 aromatic carbocycles. The van der Waals surface area contributed by atoms with Crippen molar-refractivity contribution in [2.45, 2.75) is 13.3 Å². The average Bonchev–Trinajstić information content (AvgIpc) is 2.62. The number of amides is 1. The van der Waals surface area contributed by atoms with Crippen molar-refractivity contribution in [3.8, 4) is 11.3 Å². The highest BCUT2D eigenvalue weighted by Crippen LogP contribution is 2.19. The van der Waals surface area contributed by atoms with Gasteiger partial charge in [0.25, 0.3) is 11.5 Å². The van der Waals surface area contributed by atoms with Gasteiger partial charge in [-0.15, -0.1) is 0 Å². The predicted octanol–water partition coefficient (Wildman–Crippen LogP) is 4.51. The van der Waals surface area contributed by atoms with E-state index in [1.165, 1.54) is 11.6 Å². The van der Waals surface area contributed by atoms with Crippen LogP contribution in [0, 0.1) is 0 Å². The molecule has 25 heavy (non-hydrogen) atoms. The molecule has 0 atom stereocenters. The Hall–Kier alpha value is -2.85. The molecule has 0 radical (unpaired) electrons. The molecule has 126 valence electrons. The van der Waals surface area contributed by atoms with Crippen LogP contribution in [0.1, 0.15) is 22.8 Å². The number of hydrogen-bond donors (Lipinski definition) is 2. The van der Waals surface area contributed by atoms with Crippen molar-refractivity contribution in [1.82, 2.24) is 4.98 Å². The van der Waals surface area contributed by atoms with Crippen molar-refractivity contribution in [2.75, 3.05) is 5.32 Å². The minimum absolute atomic E-state index is 0.0669. The lowest BCUT2D eigenvalue weighted by atomic mass is 10.1. The van der Waals surface area contributed by atoms with Crippen LogP contribution in [0.25, 0.3) is 11.3 Å². The van der Waals surface area contributed by atoms with Gasteiger partial charge in [0.05, 0.1) is 0 Å². The number of aromatic amines is 1. The summed E-state index contributed by atoms with van der Waals surface area (Å²) < 4.78 is 0. The minimum atomic E-state index is -0.437. The monoisotopic (exact) mass is 352 g/mol. The molecule has 0 bridgehead atoms. The van der Waals surface area contributed by atoms with Crippen molar-refractivity contribution >= 4 is 23.2 Å². The van der Waals surface area contributed by atoms with E-state index >= 15 is 0 Å². The number of pyridine rings is 1. The van der Waals surface area contributed by atoms with Gasteiger partial charge in [-0.2, -0.15) is 0 Å². The highest BCUT2D eigenvalue weighted by Gasteiger charge is 2.12. The molecule has 1 amide bonds. The van der Waals surface area contributed by atoms with Gasteiger partial charge in [-0.3, -0.25) is 9.59 Å². The second-order valence-corrected chi connectivity index (χ2v) is 6.06. The summed E-state index contributed by atoms with van der Waals surface area (Å²) in [6.45, 7) is 2.06. The summed E-state index contributed by atoms with van der Waals surface area (Å²) >= 11 is 5.87. The molecular weight excluding hydrogens is 336 g/mol. The zero-order valence-corrected chi connectivity index (χ0v) is 14.4. The molecule has 1 aromatic heterocycles. The second kappa shape index (κ2) is 7.36. The maximum atomic E-state index is 12.3. The molecule has 0 fully saturated rings. The quantitative estimate of drug-likeness (QED) is 0.725. The van der Waals surface area contributed by atoms with E-state index in [4.69, 9.17) is 11.6 Å². The molecular formula is C20H17ClN2O2. The summed E-state index contributed by atoms with van der Waals surface area (Å²) in [5.74, 6) is -0.437. The molecule has 5 heteroatoms. The third-order valence-corrected chi connectivity index (χ3v) is 4.18. The molecule has 0 saturated carbocycles. The Labute approximate surface area is 150 Å². The standard InChI is InChI=1S/C20H17ClN2O2/c1-2-13-3-9-16(10-4-13)22-19(24)17-11-12-18(23-20(17)25)14-5-7-15(21)8-6-14/h3-12H,2H2,1H3,(H,22,24)(H,23,25). The van der Waals surface area contributed by atoms with Crippen LogP contribution in [-0.2, 0) is 6.42 Å². The van der Waals surface area contributed by atoms with E-state index in [2.05, 4.69) is 17.2 Å². The van der Waals surface area contributed by atoms with Gasteiger partial charge in [0.15, 0.2) is 0 Å². The van der Waals surface area contributed by atoms with E-state index in [9.17, 15) is 9.59 Å². The van der Waals surface area contributed by atoms with Gasteiger partial charge in [-0.1, -0.05) is 42.8 Å². The molecule has 0 aliphatic carbocycles. The topological polar surface area (TPSA) is 62.0 Å². The fraction of sp³-hybridized carbons (Fsp3) is 0.100. The van der Waals surface area contributed by atoms with Crippen LogP contribution in [0.15, 0.2) is 65.5 Å². The Morgan fingerprint density at radius 3 is 2.28 bits per heavy atom. The zero-order chi connectivity index (χ0) is 17.8. The van der Waals surface area contributed by atoms with Crippen molar-refractivity contribution in [3.05, 3.63) is 87.2 Å². The predicted molar refractivity (Wildman–Crippen MR) is 101 cm³/mol. The first-order valence-electron chi connectivity index (χ1n) is 7.96. The van der Waals surface area contributed by atoms with E-state index in [1.54, 1.807) is 18.2 Å². The van der Waals surface area contributed by atoms with Gasteiger partial charge in [-0.05, 0) is 53.9 Å². The second-order valence-electron chi connectivity index (χ2n) is 5.63. The summed E-state index contributed by atoms with van der Waals surface area (Å²) in [6, 6.07) is 17.9. The lowest BCUT2D eigenvalue weighted by Gasteiger charge is -2.07. The Morgan fingerprint density at radius 1 is 1.00 bits per heavy atom. The summed E-state index contributed by atoms with van der Waals surface area (Å²) in [5.41, 5.74) is 2.92. The molecule has 0 unspecified atom stereocenters. The van der Waals surface area contributed by atoms with E-state index < -0.39 is 11.5 Å². The number of halogens is 1. The summed E-state index contributed by atoms with van der Waals surface area (Å²) in [6.07, 6.45) is 0.931. The molecule has 0 aliphatic rings. The first kappa shape index (κ1) is 17.0. The van der Waals surface area contributed by atoms with Gasteiger partial charge in [0.1, 0.15) is 5.56 Å². The smallest absolute Gasteiger partial charge is 0.261 e. The van der Waals surface area contributed by atoms with Crippen LogP contribution in [0.5, 0.6) is 0 Å². The van der Waals surface area contributed by atoms with Crippen LogP contribution in [0.3, 0.4) is 0 Å². The fourth-order valence-corrected chi connectivity index (χ4v) is 2.60. The third kappa shape index (κ3) is 3.98. The van der Waals surface area contributed by atoms with Crippen LogP contribution in [-0.4, -0.2) is 10.9 Å². The molecule has 3 rings (SSSR count). The maximum absolute atomic E-state index is 12.3. The van der Waals surface area contributed by atoms with Gasteiger partial charge in [0, 0.05) is 16.4 Å². The Bertz CT molecular complexity index is 945. The molecule has 2 N–H and O–H groups in total.